The van der Waals surface area contributed by atoms with Crippen LogP contribution in [0.5, 0.6) is 0 Å². The van der Waals surface area contributed by atoms with E-state index in [1.54, 1.807) is 0 Å². The van der Waals surface area contributed by atoms with Gasteiger partial charge in [0.2, 0.25) is 0 Å². The van der Waals surface area contributed by atoms with E-state index in [-0.39, 0.29) is 0 Å². The van der Waals surface area contributed by atoms with Gasteiger partial charge in [0.05, 0.1) is 0 Å². The Balaban J connectivity index is 2.54. The van der Waals surface area contributed by atoms with Crippen LogP contribution in [0.1, 0.15) is 54.5 Å². The van der Waals surface area contributed by atoms with Crippen molar-refractivity contribution < 1.29 is 0 Å². The van der Waals surface area contributed by atoms with Gasteiger partial charge in [-0.3, -0.25) is 0 Å². The van der Waals surface area contributed by atoms with E-state index in [0.717, 1.165) is 25.8 Å². The molecule has 0 heterocycles. The highest BCUT2D eigenvalue weighted by atomic mass is 14.9. The van der Waals surface area contributed by atoms with Crippen molar-refractivity contribution in [2.24, 2.45) is 0 Å². The van der Waals surface area contributed by atoms with Gasteiger partial charge in [0.25, 0.3) is 0 Å². The first kappa shape index (κ1) is 14.8. The van der Waals surface area contributed by atoms with Crippen LogP contribution >= 0.6 is 0 Å². The maximum atomic E-state index is 5.24. The molecule has 18 heavy (non-hydrogen) atoms. The summed E-state index contributed by atoms with van der Waals surface area (Å²) in [5.41, 5.74) is 5.53. The van der Waals surface area contributed by atoms with Crippen LogP contribution in [0.4, 0.5) is 0 Å². The van der Waals surface area contributed by atoms with Crippen LogP contribution < -0.4 is 5.32 Å². The molecule has 0 amide bonds. The second-order valence-electron chi connectivity index (χ2n) is 5.13. The summed E-state index contributed by atoms with van der Waals surface area (Å²) in [6.45, 7) is 9.81. The van der Waals surface area contributed by atoms with Crippen LogP contribution in [-0.2, 0) is 0 Å². The van der Waals surface area contributed by atoms with E-state index in [2.05, 4.69) is 51.1 Å². The Kier molecular flexibility index (Phi) is 5.95. The Labute approximate surface area is 112 Å². The van der Waals surface area contributed by atoms with Gasteiger partial charge in [-0.25, -0.2) is 0 Å². The van der Waals surface area contributed by atoms with Gasteiger partial charge >= 0.3 is 0 Å². The van der Waals surface area contributed by atoms with Crippen molar-refractivity contribution >= 4 is 0 Å². The molecule has 0 aliphatic carbocycles. The van der Waals surface area contributed by atoms with Crippen LogP contribution in [0.2, 0.25) is 0 Å². The lowest BCUT2D eigenvalue weighted by Gasteiger charge is -2.18. The Morgan fingerprint density at radius 2 is 1.78 bits per heavy atom. The smallest absolute Gasteiger partial charge is 0.0294 e. The number of rotatable bonds is 6. The minimum Gasteiger partial charge on any atom is -0.310 e. The average molecular weight is 243 g/mol. The van der Waals surface area contributed by atoms with Gasteiger partial charge in [-0.05, 0) is 69.3 Å². The third-order valence-corrected chi connectivity index (χ3v) is 3.55. The molecule has 1 rings (SSSR count). The molecule has 1 heteroatoms. The largest absolute Gasteiger partial charge is 0.310 e. The monoisotopic (exact) mass is 243 g/mol. The molecule has 0 aliphatic rings. The van der Waals surface area contributed by atoms with E-state index >= 15 is 0 Å². The SMILES string of the molecule is C#CCCCCNC(C)c1cc(C)c(C)cc1C. The van der Waals surface area contributed by atoms with Gasteiger partial charge in [0, 0.05) is 12.5 Å². The number of hydrogen-bond donors (Lipinski definition) is 1. The first-order chi connectivity index (χ1) is 8.56. The minimum absolute atomic E-state index is 0.412. The van der Waals surface area contributed by atoms with Gasteiger partial charge in [-0.15, -0.1) is 12.3 Å². The lowest BCUT2D eigenvalue weighted by Crippen LogP contribution is -2.20. The van der Waals surface area contributed by atoms with Gasteiger partial charge in [-0.2, -0.15) is 0 Å². The molecule has 1 aromatic rings. The summed E-state index contributed by atoms with van der Waals surface area (Å²) in [7, 11) is 0. The van der Waals surface area contributed by atoms with E-state index < -0.39 is 0 Å². The second kappa shape index (κ2) is 7.24. The first-order valence-electron chi connectivity index (χ1n) is 6.81. The first-order valence-corrected chi connectivity index (χ1v) is 6.81. The Morgan fingerprint density at radius 1 is 1.11 bits per heavy atom. The number of hydrogen-bond acceptors (Lipinski definition) is 1. The maximum Gasteiger partial charge on any atom is 0.0294 e. The Morgan fingerprint density at radius 3 is 2.44 bits per heavy atom. The summed E-state index contributed by atoms with van der Waals surface area (Å²) in [5.74, 6) is 2.68. The molecule has 1 nitrogen and oxygen atoms in total. The fourth-order valence-corrected chi connectivity index (χ4v) is 2.23. The molecular formula is C17H25N. The van der Waals surface area contributed by atoms with Gasteiger partial charge in [0.15, 0.2) is 0 Å². The zero-order chi connectivity index (χ0) is 13.5. The van der Waals surface area contributed by atoms with Crippen molar-refractivity contribution in [2.75, 3.05) is 6.54 Å². The van der Waals surface area contributed by atoms with Crippen LogP contribution in [-0.4, -0.2) is 6.54 Å². The van der Waals surface area contributed by atoms with Crippen LogP contribution in [0.3, 0.4) is 0 Å². The highest BCUT2D eigenvalue weighted by molar-refractivity contribution is 5.37. The minimum atomic E-state index is 0.412. The molecule has 0 fully saturated rings. The normalized spacial score (nSPS) is 12.2. The molecule has 1 aromatic carbocycles. The van der Waals surface area contributed by atoms with Crippen molar-refractivity contribution in [3.05, 3.63) is 34.4 Å². The van der Waals surface area contributed by atoms with Crippen LogP contribution in [0.15, 0.2) is 12.1 Å². The molecule has 98 valence electrons. The van der Waals surface area contributed by atoms with E-state index in [0.29, 0.717) is 6.04 Å². The molecule has 0 bridgehead atoms. The van der Waals surface area contributed by atoms with E-state index in [4.69, 9.17) is 6.42 Å². The summed E-state index contributed by atoms with van der Waals surface area (Å²) >= 11 is 0. The molecule has 1 N–H and O–H groups in total. The van der Waals surface area contributed by atoms with Crippen molar-refractivity contribution in [3.8, 4) is 12.3 Å². The van der Waals surface area contributed by atoms with Gasteiger partial charge < -0.3 is 5.32 Å². The standard InChI is InChI=1S/C17H25N/c1-6-7-8-9-10-18-16(5)17-12-14(3)13(2)11-15(17)4/h1,11-12,16,18H,7-10H2,2-5H3. The summed E-state index contributed by atoms with van der Waals surface area (Å²) in [4.78, 5) is 0. The summed E-state index contributed by atoms with van der Waals surface area (Å²) in [5, 5.41) is 3.58. The zero-order valence-corrected chi connectivity index (χ0v) is 12.1. The molecule has 0 aliphatic heterocycles. The van der Waals surface area contributed by atoms with Gasteiger partial charge in [0.1, 0.15) is 0 Å². The summed E-state index contributed by atoms with van der Waals surface area (Å²) in [6.07, 6.45) is 8.39. The topological polar surface area (TPSA) is 12.0 Å². The third-order valence-electron chi connectivity index (χ3n) is 3.55. The Hall–Kier alpha value is -1.26. The predicted octanol–water partition coefficient (Wildman–Crippen LogP) is 4.07. The Bertz CT molecular complexity index is 426. The number of nitrogens with one attached hydrogen (secondary N) is 1. The number of terminal acetylenes is 1. The molecule has 1 unspecified atom stereocenters. The second-order valence-corrected chi connectivity index (χ2v) is 5.13. The highest BCUT2D eigenvalue weighted by Crippen LogP contribution is 2.21. The van der Waals surface area contributed by atoms with E-state index in [9.17, 15) is 0 Å². The fraction of sp³-hybridized carbons (Fsp3) is 0.529. The van der Waals surface area contributed by atoms with E-state index in [1.165, 1.54) is 22.3 Å². The predicted molar refractivity (Wildman–Crippen MR) is 79.8 cm³/mol. The lowest BCUT2D eigenvalue weighted by molar-refractivity contribution is 0.547. The van der Waals surface area contributed by atoms with Crippen molar-refractivity contribution in [2.45, 2.75) is 53.0 Å². The van der Waals surface area contributed by atoms with Gasteiger partial charge in [-0.1, -0.05) is 12.1 Å². The molecule has 0 aromatic heterocycles. The lowest BCUT2D eigenvalue weighted by atomic mass is 9.96. The molecule has 0 radical (unpaired) electrons. The average Bonchev–Trinajstić information content (AvgIpc) is 2.33. The molecular weight excluding hydrogens is 218 g/mol. The fourth-order valence-electron chi connectivity index (χ4n) is 2.23. The molecule has 1 atom stereocenters. The van der Waals surface area contributed by atoms with Crippen molar-refractivity contribution in [1.82, 2.24) is 5.32 Å². The van der Waals surface area contributed by atoms with Crippen molar-refractivity contribution in [3.63, 3.8) is 0 Å². The van der Waals surface area contributed by atoms with Crippen LogP contribution in [0, 0.1) is 33.1 Å². The number of unbranched alkanes of at least 4 members (excludes halogenated alkanes) is 2. The quantitative estimate of drug-likeness (QED) is 0.587. The third kappa shape index (κ3) is 4.20. The van der Waals surface area contributed by atoms with E-state index in [1.807, 2.05) is 0 Å². The summed E-state index contributed by atoms with van der Waals surface area (Å²) < 4.78 is 0. The van der Waals surface area contributed by atoms with Crippen molar-refractivity contribution in [1.29, 1.82) is 0 Å². The number of benzene rings is 1. The van der Waals surface area contributed by atoms with Crippen LogP contribution in [0.25, 0.3) is 0 Å². The molecule has 0 spiro atoms. The summed E-state index contributed by atoms with van der Waals surface area (Å²) in [6, 6.07) is 5.00. The maximum absolute atomic E-state index is 5.24. The zero-order valence-electron chi connectivity index (χ0n) is 12.1. The molecule has 0 saturated carbocycles. The number of aryl methyl sites for hydroxylation is 3. The highest BCUT2D eigenvalue weighted by Gasteiger charge is 2.09. The molecule has 0 saturated heterocycles.